The molecule has 0 saturated heterocycles. The predicted octanol–water partition coefficient (Wildman–Crippen LogP) is 4.27. The van der Waals surface area contributed by atoms with Gasteiger partial charge in [-0.1, -0.05) is 13.8 Å². The van der Waals surface area contributed by atoms with Crippen LogP contribution in [-0.4, -0.2) is 17.2 Å². The summed E-state index contributed by atoms with van der Waals surface area (Å²) in [6, 6.07) is 0. The number of esters is 1. The maximum Gasteiger partial charge on any atom is 0.344 e. The van der Waals surface area contributed by atoms with Crippen LogP contribution < -0.4 is 0 Å². The van der Waals surface area contributed by atoms with E-state index in [1.807, 2.05) is 0 Å². The number of alkyl halides is 1. The number of hydrogen-bond acceptors (Lipinski definition) is 2. The molecule has 0 spiro atoms. The van der Waals surface area contributed by atoms with Crippen LogP contribution in [0.15, 0.2) is 0 Å². The zero-order valence-electron chi connectivity index (χ0n) is 13.0. The lowest BCUT2D eigenvalue weighted by Gasteiger charge is -2.60. The molecule has 1 unspecified atom stereocenters. The van der Waals surface area contributed by atoms with Crippen molar-refractivity contribution in [3.05, 3.63) is 0 Å². The van der Waals surface area contributed by atoms with Gasteiger partial charge in [-0.25, -0.2) is 9.18 Å². The van der Waals surface area contributed by atoms with Crippen LogP contribution >= 0.6 is 0 Å². The highest BCUT2D eigenvalue weighted by Crippen LogP contribution is 2.60. The van der Waals surface area contributed by atoms with E-state index in [9.17, 15) is 9.18 Å². The molecule has 0 heterocycles. The third-order valence-corrected chi connectivity index (χ3v) is 6.45. The molecule has 4 bridgehead atoms. The van der Waals surface area contributed by atoms with Gasteiger partial charge in [0.15, 0.2) is 0 Å². The summed E-state index contributed by atoms with van der Waals surface area (Å²) in [7, 11) is 0. The summed E-state index contributed by atoms with van der Waals surface area (Å²) < 4.78 is 20.2. The first-order valence-electron chi connectivity index (χ1n) is 8.33. The molecule has 0 radical (unpaired) electrons. The van der Waals surface area contributed by atoms with Gasteiger partial charge in [0.05, 0.1) is 0 Å². The van der Waals surface area contributed by atoms with Crippen LogP contribution in [0.3, 0.4) is 0 Å². The largest absolute Gasteiger partial charge is 0.456 e. The molecule has 0 amide bonds. The van der Waals surface area contributed by atoms with Crippen molar-refractivity contribution < 1.29 is 13.9 Å². The minimum absolute atomic E-state index is 0.187. The second-order valence-corrected chi connectivity index (χ2v) is 7.55. The van der Waals surface area contributed by atoms with Gasteiger partial charge in [0, 0.05) is 0 Å². The number of rotatable bonds is 4. The first-order valence-corrected chi connectivity index (χ1v) is 8.33. The fourth-order valence-corrected chi connectivity index (χ4v) is 5.22. The number of ether oxygens (including phenoxy) is 1. The lowest BCUT2D eigenvalue weighted by atomic mass is 9.49. The van der Waals surface area contributed by atoms with E-state index in [4.69, 9.17) is 4.74 Å². The smallest absolute Gasteiger partial charge is 0.344 e. The molecule has 0 aromatic heterocycles. The van der Waals surface area contributed by atoms with Crippen LogP contribution in [0.5, 0.6) is 0 Å². The van der Waals surface area contributed by atoms with Crippen LogP contribution in [0, 0.1) is 23.7 Å². The maximum atomic E-state index is 14.3. The van der Waals surface area contributed by atoms with Crippen LogP contribution in [0.4, 0.5) is 4.39 Å². The van der Waals surface area contributed by atoms with Crippen molar-refractivity contribution in [3.8, 4) is 0 Å². The van der Waals surface area contributed by atoms with Gasteiger partial charge >= 0.3 is 5.97 Å². The Bertz CT molecular complexity index is 374. The summed E-state index contributed by atoms with van der Waals surface area (Å²) in [6.45, 7) is 5.17. The molecule has 2 nitrogen and oxygen atoms in total. The molecule has 4 aliphatic carbocycles. The maximum absolute atomic E-state index is 14.3. The minimum Gasteiger partial charge on any atom is -0.456 e. The summed E-state index contributed by atoms with van der Waals surface area (Å²) >= 11 is 0. The average molecular weight is 282 g/mol. The molecule has 0 aromatic carbocycles. The van der Waals surface area contributed by atoms with Crippen LogP contribution in [0.1, 0.15) is 65.7 Å². The van der Waals surface area contributed by atoms with E-state index in [-0.39, 0.29) is 12.0 Å². The zero-order chi connectivity index (χ0) is 14.5. The molecule has 20 heavy (non-hydrogen) atoms. The first-order chi connectivity index (χ1) is 9.41. The van der Waals surface area contributed by atoms with E-state index in [2.05, 4.69) is 6.92 Å². The Morgan fingerprint density at radius 3 is 2.05 bits per heavy atom. The van der Waals surface area contributed by atoms with E-state index < -0.39 is 11.6 Å². The first kappa shape index (κ1) is 14.3. The summed E-state index contributed by atoms with van der Waals surface area (Å²) in [6.07, 6.45) is 7.13. The predicted molar refractivity (Wildman–Crippen MR) is 76.0 cm³/mol. The van der Waals surface area contributed by atoms with Crippen LogP contribution in [-0.2, 0) is 9.53 Å². The van der Waals surface area contributed by atoms with E-state index in [1.54, 1.807) is 6.92 Å². The van der Waals surface area contributed by atoms with Gasteiger partial charge in [0.2, 0.25) is 5.67 Å². The lowest BCUT2D eigenvalue weighted by Crippen LogP contribution is -2.60. The van der Waals surface area contributed by atoms with Crippen molar-refractivity contribution in [2.75, 3.05) is 0 Å². The molecule has 3 heteroatoms. The molecule has 0 N–H and O–H groups in total. The molecule has 4 rings (SSSR count). The van der Waals surface area contributed by atoms with Crippen LogP contribution in [0.25, 0.3) is 0 Å². The summed E-state index contributed by atoms with van der Waals surface area (Å²) in [5.41, 5.74) is -2.20. The van der Waals surface area contributed by atoms with Gasteiger partial charge in [-0.2, -0.15) is 0 Å². The molecule has 114 valence electrons. The molecule has 0 aromatic rings. The third kappa shape index (κ3) is 2.00. The SMILES string of the molecule is CCC(C)(F)C(=O)OC1(CC)C2CC3CC(C2)CC1C3. The van der Waals surface area contributed by atoms with Crippen molar-refractivity contribution in [2.24, 2.45) is 23.7 Å². The minimum atomic E-state index is -1.84. The number of carbonyl (C=O) groups is 1. The second-order valence-electron chi connectivity index (χ2n) is 7.55. The molecular formula is C17H27FO2. The summed E-state index contributed by atoms with van der Waals surface area (Å²) in [5, 5.41) is 0. The van der Waals surface area contributed by atoms with Gasteiger partial charge in [-0.05, 0) is 75.5 Å². The quantitative estimate of drug-likeness (QED) is 0.720. The van der Waals surface area contributed by atoms with E-state index >= 15 is 0 Å². The zero-order valence-corrected chi connectivity index (χ0v) is 13.0. The van der Waals surface area contributed by atoms with Crippen molar-refractivity contribution in [2.45, 2.75) is 77.0 Å². The van der Waals surface area contributed by atoms with Crippen molar-refractivity contribution in [1.29, 1.82) is 0 Å². The highest BCUT2D eigenvalue weighted by Gasteiger charge is 2.59. The van der Waals surface area contributed by atoms with Crippen molar-refractivity contribution in [1.82, 2.24) is 0 Å². The van der Waals surface area contributed by atoms with Gasteiger partial charge in [0.25, 0.3) is 0 Å². The lowest BCUT2D eigenvalue weighted by molar-refractivity contribution is -0.219. The standard InChI is InChI=1S/C17H27FO2/c1-4-16(3,18)15(19)20-17(5-2)13-7-11-6-12(9-13)10-14(17)8-11/h11-14H,4-10H2,1-3H3. The van der Waals surface area contributed by atoms with E-state index in [1.165, 1.54) is 39.0 Å². The Morgan fingerprint density at radius 1 is 1.15 bits per heavy atom. The summed E-state index contributed by atoms with van der Waals surface area (Å²) in [4.78, 5) is 12.3. The fourth-order valence-electron chi connectivity index (χ4n) is 5.22. The molecule has 4 fully saturated rings. The third-order valence-electron chi connectivity index (χ3n) is 6.45. The van der Waals surface area contributed by atoms with Gasteiger partial charge in [-0.15, -0.1) is 0 Å². The highest BCUT2D eigenvalue weighted by atomic mass is 19.1. The van der Waals surface area contributed by atoms with E-state index in [0.717, 1.165) is 18.3 Å². The van der Waals surface area contributed by atoms with Crippen LogP contribution in [0.2, 0.25) is 0 Å². The molecule has 4 aliphatic rings. The van der Waals surface area contributed by atoms with Gasteiger partial charge in [-0.3, -0.25) is 0 Å². The Labute approximate surface area is 121 Å². The molecule has 1 atom stereocenters. The Hall–Kier alpha value is -0.600. The Morgan fingerprint density at radius 2 is 1.65 bits per heavy atom. The molecule has 4 saturated carbocycles. The normalized spacial score (nSPS) is 45.2. The highest BCUT2D eigenvalue weighted by molar-refractivity contribution is 5.79. The van der Waals surface area contributed by atoms with Gasteiger partial charge in [0.1, 0.15) is 5.60 Å². The second kappa shape index (κ2) is 4.71. The van der Waals surface area contributed by atoms with Gasteiger partial charge < -0.3 is 4.74 Å². The van der Waals surface area contributed by atoms with Crippen molar-refractivity contribution >= 4 is 5.97 Å². The number of hydrogen-bond donors (Lipinski definition) is 0. The average Bonchev–Trinajstić information content (AvgIpc) is 2.42. The fraction of sp³-hybridized carbons (Fsp3) is 0.941. The molecule has 0 aliphatic heterocycles. The summed E-state index contributed by atoms with van der Waals surface area (Å²) in [5.74, 6) is 1.98. The number of carbonyl (C=O) groups excluding carboxylic acids is 1. The van der Waals surface area contributed by atoms with Crippen molar-refractivity contribution in [3.63, 3.8) is 0 Å². The Balaban J connectivity index is 1.83. The molecular weight excluding hydrogens is 255 g/mol. The van der Waals surface area contributed by atoms with E-state index in [0.29, 0.717) is 11.8 Å². The number of halogens is 1. The Kier molecular flexibility index (Phi) is 3.38. The topological polar surface area (TPSA) is 26.3 Å². The monoisotopic (exact) mass is 282 g/mol.